The van der Waals surface area contributed by atoms with Gasteiger partial charge in [-0.2, -0.15) is 0 Å². The minimum atomic E-state index is -0.472. The third-order valence-electron chi connectivity index (χ3n) is 0. The Morgan fingerprint density at radius 1 is 0.857 bits per heavy atom. The standard InChI is InChI=1S/4ClH.2Na.Pt/h4*1H;;;/q;;;;2*+1;+2/p-4. The van der Waals surface area contributed by atoms with Crippen LogP contribution in [0.4, 0.5) is 0 Å². The van der Waals surface area contributed by atoms with E-state index >= 15 is 0 Å². The molecule has 0 aromatic carbocycles. The van der Waals surface area contributed by atoms with Crippen LogP contribution in [0.3, 0.4) is 0 Å². The van der Waals surface area contributed by atoms with Crippen LogP contribution >= 0.6 is 18.8 Å². The van der Waals surface area contributed by atoms with E-state index in [1.807, 2.05) is 0 Å². The Balaban J connectivity index is -0.00000000333. The molecule has 0 aromatic rings. The molecule has 0 saturated heterocycles. The van der Waals surface area contributed by atoms with Crippen molar-refractivity contribution in [3.63, 3.8) is 0 Å². The number of hydrogen-bond acceptors (Lipinski definition) is 0. The molecule has 0 amide bonds. The van der Waals surface area contributed by atoms with E-state index < -0.39 is 16.5 Å². The van der Waals surface area contributed by atoms with Crippen LogP contribution in [0, 0.1) is 0 Å². The van der Waals surface area contributed by atoms with E-state index in [0.717, 1.165) is 0 Å². The Bertz CT molecular complexity index is 9.65. The van der Waals surface area contributed by atoms with Crippen molar-refractivity contribution in [3.8, 4) is 0 Å². The van der Waals surface area contributed by atoms with Crippen LogP contribution < -0.4 is 83.9 Å². The third kappa shape index (κ3) is 41.0. The van der Waals surface area contributed by atoms with Gasteiger partial charge >= 0.3 is 94.4 Å². The molecule has 7 heavy (non-hydrogen) atoms. The second-order valence-electron chi connectivity index (χ2n) is 0.0452. The van der Waals surface area contributed by atoms with Gasteiger partial charge in [-0.3, -0.25) is 0 Å². The molecule has 0 saturated carbocycles. The molecule has 0 aliphatic carbocycles. The quantitative estimate of drug-likeness (QED) is 0.365. The topological polar surface area (TPSA) is 0 Å². The molecule has 7 heteroatoms. The Morgan fingerprint density at radius 3 is 0.857 bits per heavy atom. The molecule has 0 radical (unpaired) electrons. The van der Waals surface area contributed by atoms with Gasteiger partial charge in [-0.1, -0.05) is 0 Å². The number of halogens is 4. The molecule has 0 unspecified atom stereocenters. The van der Waals surface area contributed by atoms with Crippen molar-refractivity contribution in [1.29, 1.82) is 0 Å². The molecule has 0 bridgehead atoms. The second-order valence-corrected chi connectivity index (χ2v) is 3.33. The van der Waals surface area contributed by atoms with Gasteiger partial charge in [-0.15, -0.1) is 0 Å². The smallest absolute Gasteiger partial charge is 1.00 e. The van der Waals surface area contributed by atoms with Crippen molar-refractivity contribution in [1.82, 2.24) is 0 Å². The van der Waals surface area contributed by atoms with Crippen LogP contribution in [0.1, 0.15) is 0 Å². The molecule has 0 spiro atoms. The van der Waals surface area contributed by atoms with E-state index in [9.17, 15) is 0 Å². The van der Waals surface area contributed by atoms with Crippen LogP contribution in [-0.2, 0) is 16.5 Å². The molecule has 0 atom stereocenters. The van der Waals surface area contributed by atoms with E-state index in [1.165, 1.54) is 0 Å². The van der Waals surface area contributed by atoms with Crippen LogP contribution in [0.2, 0.25) is 0 Å². The van der Waals surface area contributed by atoms with Crippen molar-refractivity contribution in [2.75, 3.05) is 0 Å². The largest absolute Gasteiger partial charge is 1.00 e. The summed E-state index contributed by atoms with van der Waals surface area (Å²) in [5.74, 6) is 0. The van der Waals surface area contributed by atoms with Gasteiger partial charge in [0.2, 0.25) is 0 Å². The van der Waals surface area contributed by atoms with Gasteiger partial charge in [0.05, 0.1) is 0 Å². The average molecular weight is 383 g/mol. The Morgan fingerprint density at radius 2 is 0.857 bits per heavy atom. The summed E-state index contributed by atoms with van der Waals surface area (Å²) in [5.41, 5.74) is 0. The molecule has 0 rings (SSSR count). The van der Waals surface area contributed by atoms with Crippen LogP contribution in [0.25, 0.3) is 0 Å². The maximum Gasteiger partial charge on any atom is 1.00 e. The normalized spacial score (nSPS) is 3.14. The minimum Gasteiger partial charge on any atom is 1.00 e. The molecule has 0 aromatic heterocycles. The summed E-state index contributed by atoms with van der Waals surface area (Å²) in [6, 6.07) is 0. The fourth-order valence-electron chi connectivity index (χ4n) is 0. The molecule has 40 valence electrons. The summed E-state index contributed by atoms with van der Waals surface area (Å²) in [5, 5.41) is 0. The van der Waals surface area contributed by atoms with Gasteiger partial charge in [0.15, 0.2) is 0 Å². The van der Waals surface area contributed by atoms with Gasteiger partial charge in [0.25, 0.3) is 0 Å². The molecular weight excluding hydrogens is 383 g/mol. The van der Waals surface area contributed by atoms with E-state index in [1.54, 1.807) is 0 Å². The van der Waals surface area contributed by atoms with E-state index in [4.69, 9.17) is 18.8 Å². The number of hydrogen-bond donors (Lipinski definition) is 0. The van der Waals surface area contributed by atoms with Crippen LogP contribution in [-0.4, -0.2) is 0 Å². The summed E-state index contributed by atoms with van der Waals surface area (Å²) < 4.78 is 0. The van der Waals surface area contributed by atoms with Crippen molar-refractivity contribution in [2.45, 2.75) is 0 Å². The average Bonchev–Trinajstić information content (AvgIpc) is 0.918. The Kier molecular flexibility index (Phi) is 144. The van der Waals surface area contributed by atoms with Gasteiger partial charge in [-0.25, -0.2) is 0 Å². The first-order valence-electron chi connectivity index (χ1n) is 0.239. The van der Waals surface area contributed by atoms with Gasteiger partial charge in [0, 0.05) is 0 Å². The van der Waals surface area contributed by atoms with Gasteiger partial charge < -0.3 is 24.8 Å². The molecule has 0 fully saturated rings. The van der Waals surface area contributed by atoms with Crippen molar-refractivity contribution in [3.05, 3.63) is 0 Å². The first-order chi connectivity index (χ1) is 1.41. The first kappa shape index (κ1) is 30.8. The van der Waals surface area contributed by atoms with E-state index in [0.29, 0.717) is 0 Å². The Hall–Kier alpha value is 3.85. The number of rotatable bonds is 0. The molecule has 0 aliphatic heterocycles. The zero-order valence-electron chi connectivity index (χ0n) is 3.83. The van der Waals surface area contributed by atoms with Crippen molar-refractivity contribution in [2.24, 2.45) is 0 Å². The molecule has 0 nitrogen and oxygen atoms in total. The summed E-state index contributed by atoms with van der Waals surface area (Å²) in [6.07, 6.45) is 0. The predicted octanol–water partition coefficient (Wildman–Crippen LogP) is -10.6. The van der Waals surface area contributed by atoms with Gasteiger partial charge in [-0.05, 0) is 0 Å². The summed E-state index contributed by atoms with van der Waals surface area (Å²) in [6.45, 7) is 0. The summed E-state index contributed by atoms with van der Waals surface area (Å²) >= 11 is -0.472. The SMILES string of the molecule is [Cl-].[Cl-].[Cl][Pt][Cl].[Na+].[Na+]. The Labute approximate surface area is 117 Å². The van der Waals surface area contributed by atoms with Crippen molar-refractivity contribution >= 4 is 18.8 Å². The zero-order chi connectivity index (χ0) is 2.71. The minimum absolute atomic E-state index is 0. The van der Waals surface area contributed by atoms with Gasteiger partial charge in [0.1, 0.15) is 0 Å². The zero-order valence-corrected chi connectivity index (χ0v) is 13.1. The summed E-state index contributed by atoms with van der Waals surface area (Å²) in [7, 11) is 9.75. The van der Waals surface area contributed by atoms with Crippen LogP contribution in [0.15, 0.2) is 0 Å². The predicted molar refractivity (Wildman–Crippen MR) is 11.7 cm³/mol. The second kappa shape index (κ2) is 32.8. The maximum atomic E-state index is 4.88. The maximum absolute atomic E-state index is 4.88. The molecule has 0 heterocycles. The van der Waals surface area contributed by atoms with E-state index in [2.05, 4.69) is 0 Å². The summed E-state index contributed by atoms with van der Waals surface area (Å²) in [4.78, 5) is 0. The van der Waals surface area contributed by atoms with E-state index in [-0.39, 0.29) is 83.9 Å². The first-order valence-corrected chi connectivity index (χ1v) is 5.87. The molecular formula is Cl4Na2Pt. The fraction of sp³-hybridized carbons (Fsp3) is 0. The third-order valence-corrected chi connectivity index (χ3v) is 0. The van der Waals surface area contributed by atoms with Crippen LogP contribution in [0.5, 0.6) is 0 Å². The van der Waals surface area contributed by atoms with Crippen molar-refractivity contribution < 1.29 is 100 Å². The monoisotopic (exact) mass is 381 g/mol. The fourth-order valence-corrected chi connectivity index (χ4v) is 0. The molecule has 0 N–H and O–H groups in total. The molecule has 0 aliphatic rings.